The van der Waals surface area contributed by atoms with Crippen molar-refractivity contribution in [2.24, 2.45) is 4.99 Å². The molecule has 0 unspecified atom stereocenters. The molecule has 1 nitrogen and oxygen atoms in total. The third-order valence-electron chi connectivity index (χ3n) is 2.97. The van der Waals surface area contributed by atoms with Crippen molar-refractivity contribution in [2.45, 2.75) is 6.42 Å². The Hall–Kier alpha value is -1.60. The summed E-state index contributed by atoms with van der Waals surface area (Å²) in [5.74, 6) is 0. The minimum atomic E-state index is 0. The highest BCUT2D eigenvalue weighted by atomic mass is 35.5. The summed E-state index contributed by atoms with van der Waals surface area (Å²) in [5, 5.41) is 0. The average molecular weight is 243 g/mol. The highest BCUT2D eigenvalue weighted by Crippen LogP contribution is 2.19. The summed E-state index contributed by atoms with van der Waals surface area (Å²) >= 11 is 0. The molecular weight excluding hydrogens is 230 g/mol. The summed E-state index contributed by atoms with van der Waals surface area (Å²) < 4.78 is 0. The van der Waals surface area contributed by atoms with Gasteiger partial charge in [0.1, 0.15) is 0 Å². The van der Waals surface area contributed by atoms with Gasteiger partial charge in [-0.05, 0) is 12.0 Å². The van der Waals surface area contributed by atoms with Gasteiger partial charge in [-0.15, -0.1) is 0 Å². The van der Waals surface area contributed by atoms with Crippen molar-refractivity contribution in [3.8, 4) is 0 Å². The fraction of sp³-hybridized carbons (Fsp3) is 0.133. The second kappa shape index (κ2) is 5.15. The lowest BCUT2D eigenvalue weighted by molar-refractivity contribution is -0.00000315. The van der Waals surface area contributed by atoms with Crippen LogP contribution in [-0.2, 0) is 6.42 Å². The van der Waals surface area contributed by atoms with Crippen molar-refractivity contribution in [2.75, 3.05) is 6.54 Å². The molecule has 86 valence electrons. The molecule has 0 radical (unpaired) electrons. The third-order valence-corrected chi connectivity index (χ3v) is 2.97. The predicted molar refractivity (Wildman–Crippen MR) is 67.1 cm³/mol. The van der Waals surface area contributed by atoms with Crippen molar-refractivity contribution in [3.05, 3.63) is 71.3 Å². The number of aliphatic imine (C=N–C) groups is 1. The second-order valence-electron chi connectivity index (χ2n) is 4.00. The standard InChI is InChI=1S/C15H13N.ClH/c1-2-7-13(8-3-1)15-14-9-5-4-6-12(14)10-11-16-15;/h1-9H,10-11H2;1H/p-1. The predicted octanol–water partition coefficient (Wildman–Crippen LogP) is 0.0841. The van der Waals surface area contributed by atoms with Crippen LogP contribution in [0, 0.1) is 0 Å². The molecule has 3 rings (SSSR count). The first-order chi connectivity index (χ1) is 7.95. The number of hydrogen-bond acceptors (Lipinski definition) is 1. The summed E-state index contributed by atoms with van der Waals surface area (Å²) in [4.78, 5) is 4.66. The third kappa shape index (κ3) is 2.25. The maximum absolute atomic E-state index is 4.66. The fourth-order valence-electron chi connectivity index (χ4n) is 2.19. The van der Waals surface area contributed by atoms with Gasteiger partial charge >= 0.3 is 0 Å². The number of rotatable bonds is 1. The molecule has 0 fully saturated rings. The number of nitrogens with zero attached hydrogens (tertiary/aromatic N) is 1. The molecule has 2 aromatic rings. The molecule has 0 saturated heterocycles. The molecule has 0 bridgehead atoms. The van der Waals surface area contributed by atoms with Crippen LogP contribution in [0.15, 0.2) is 59.6 Å². The van der Waals surface area contributed by atoms with Gasteiger partial charge in [-0.2, -0.15) is 0 Å². The van der Waals surface area contributed by atoms with E-state index in [4.69, 9.17) is 0 Å². The van der Waals surface area contributed by atoms with Gasteiger partial charge in [0.25, 0.3) is 0 Å². The van der Waals surface area contributed by atoms with Gasteiger partial charge < -0.3 is 12.4 Å². The van der Waals surface area contributed by atoms with E-state index in [0.717, 1.165) is 18.7 Å². The Morgan fingerprint density at radius 2 is 1.53 bits per heavy atom. The van der Waals surface area contributed by atoms with Crippen molar-refractivity contribution in [3.63, 3.8) is 0 Å². The van der Waals surface area contributed by atoms with Crippen LogP contribution in [0.4, 0.5) is 0 Å². The molecule has 1 heterocycles. The molecule has 2 aromatic carbocycles. The summed E-state index contributed by atoms with van der Waals surface area (Å²) in [5.41, 5.74) is 5.06. The number of hydrogen-bond donors (Lipinski definition) is 0. The monoisotopic (exact) mass is 242 g/mol. The first-order valence-electron chi connectivity index (χ1n) is 5.63. The first kappa shape index (κ1) is 11.9. The van der Waals surface area contributed by atoms with Gasteiger partial charge in [-0.3, -0.25) is 4.99 Å². The van der Waals surface area contributed by atoms with E-state index in [1.165, 1.54) is 16.7 Å². The SMILES string of the molecule is [Cl-].c1ccc(C2=NCCc3ccccc32)cc1. The fourth-order valence-corrected chi connectivity index (χ4v) is 2.19. The molecule has 1 aliphatic rings. The average Bonchev–Trinajstić information content (AvgIpc) is 2.39. The van der Waals surface area contributed by atoms with E-state index in [2.05, 4.69) is 53.5 Å². The Morgan fingerprint density at radius 3 is 2.35 bits per heavy atom. The van der Waals surface area contributed by atoms with Crippen LogP contribution in [-0.4, -0.2) is 12.3 Å². The highest BCUT2D eigenvalue weighted by molar-refractivity contribution is 6.14. The molecule has 1 aliphatic heterocycles. The lowest BCUT2D eigenvalue weighted by atomic mass is 9.93. The Bertz CT molecular complexity index is 532. The van der Waals surface area contributed by atoms with Gasteiger partial charge in [0.05, 0.1) is 5.71 Å². The molecule has 0 amide bonds. The van der Waals surface area contributed by atoms with Crippen LogP contribution < -0.4 is 12.4 Å². The zero-order valence-corrected chi connectivity index (χ0v) is 10.2. The Kier molecular flexibility index (Phi) is 3.60. The molecule has 2 heteroatoms. The molecule has 0 atom stereocenters. The molecule has 17 heavy (non-hydrogen) atoms. The summed E-state index contributed by atoms with van der Waals surface area (Å²) in [6.07, 6.45) is 1.06. The molecule has 0 spiro atoms. The smallest absolute Gasteiger partial charge is 0.0721 e. The molecule has 0 aliphatic carbocycles. The minimum Gasteiger partial charge on any atom is -1.00 e. The van der Waals surface area contributed by atoms with Crippen LogP contribution in [0.1, 0.15) is 16.7 Å². The largest absolute Gasteiger partial charge is 1.00 e. The zero-order chi connectivity index (χ0) is 10.8. The van der Waals surface area contributed by atoms with E-state index in [9.17, 15) is 0 Å². The van der Waals surface area contributed by atoms with Gasteiger partial charge in [-0.1, -0.05) is 54.6 Å². The molecular formula is C15H13ClN-. The van der Waals surface area contributed by atoms with Gasteiger partial charge in [0, 0.05) is 17.7 Å². The van der Waals surface area contributed by atoms with E-state index in [1.54, 1.807) is 0 Å². The maximum Gasteiger partial charge on any atom is 0.0721 e. The zero-order valence-electron chi connectivity index (χ0n) is 9.44. The van der Waals surface area contributed by atoms with Gasteiger partial charge in [-0.25, -0.2) is 0 Å². The van der Waals surface area contributed by atoms with Crippen LogP contribution in [0.2, 0.25) is 0 Å². The Labute approximate surface area is 108 Å². The Balaban J connectivity index is 0.00000108. The number of halogens is 1. The van der Waals surface area contributed by atoms with Crippen molar-refractivity contribution in [1.82, 2.24) is 0 Å². The summed E-state index contributed by atoms with van der Waals surface area (Å²) in [6, 6.07) is 19.0. The lowest BCUT2D eigenvalue weighted by Crippen LogP contribution is -3.00. The molecule has 0 N–H and O–H groups in total. The topological polar surface area (TPSA) is 12.4 Å². The summed E-state index contributed by atoms with van der Waals surface area (Å²) in [6.45, 7) is 0.904. The van der Waals surface area contributed by atoms with E-state index in [1.807, 2.05) is 6.07 Å². The van der Waals surface area contributed by atoms with Crippen molar-refractivity contribution in [1.29, 1.82) is 0 Å². The van der Waals surface area contributed by atoms with Crippen LogP contribution in [0.25, 0.3) is 0 Å². The van der Waals surface area contributed by atoms with Crippen LogP contribution >= 0.6 is 0 Å². The quantitative estimate of drug-likeness (QED) is 0.672. The van der Waals surface area contributed by atoms with Crippen molar-refractivity contribution < 1.29 is 12.4 Å². The minimum absolute atomic E-state index is 0. The lowest BCUT2D eigenvalue weighted by Gasteiger charge is -2.16. The highest BCUT2D eigenvalue weighted by Gasteiger charge is 2.14. The van der Waals surface area contributed by atoms with Crippen LogP contribution in [0.5, 0.6) is 0 Å². The van der Waals surface area contributed by atoms with Crippen molar-refractivity contribution >= 4 is 5.71 Å². The first-order valence-corrected chi connectivity index (χ1v) is 5.63. The number of benzene rings is 2. The maximum atomic E-state index is 4.66. The second-order valence-corrected chi connectivity index (χ2v) is 4.00. The molecule has 0 aromatic heterocycles. The van der Waals surface area contributed by atoms with E-state index in [0.29, 0.717) is 0 Å². The Morgan fingerprint density at radius 1 is 0.824 bits per heavy atom. The number of fused-ring (bicyclic) bond motifs is 1. The van der Waals surface area contributed by atoms with Gasteiger partial charge in [0.15, 0.2) is 0 Å². The van der Waals surface area contributed by atoms with E-state index < -0.39 is 0 Å². The van der Waals surface area contributed by atoms with E-state index in [-0.39, 0.29) is 12.4 Å². The van der Waals surface area contributed by atoms with Gasteiger partial charge in [0.2, 0.25) is 0 Å². The van der Waals surface area contributed by atoms with E-state index >= 15 is 0 Å². The van der Waals surface area contributed by atoms with Crippen LogP contribution in [0.3, 0.4) is 0 Å². The summed E-state index contributed by atoms with van der Waals surface area (Å²) in [7, 11) is 0. The molecule has 0 saturated carbocycles. The normalized spacial score (nSPS) is 13.3.